The molecule has 4 nitrogen and oxygen atoms in total. The van der Waals surface area contributed by atoms with Gasteiger partial charge >= 0.3 is 0 Å². The smallest absolute Gasteiger partial charge is 0.231 e. The second-order valence-corrected chi connectivity index (χ2v) is 3.73. The first-order valence-electron chi connectivity index (χ1n) is 5.05. The van der Waals surface area contributed by atoms with Crippen LogP contribution in [0.4, 0.5) is 5.69 Å². The number of fused-ring (bicyclic) bond motifs is 1. The van der Waals surface area contributed by atoms with Gasteiger partial charge in [0, 0.05) is 31.4 Å². The van der Waals surface area contributed by atoms with Gasteiger partial charge in [0.2, 0.25) is 6.79 Å². The van der Waals surface area contributed by atoms with Gasteiger partial charge in [0.05, 0.1) is 0 Å². The summed E-state index contributed by atoms with van der Waals surface area (Å²) in [5, 5.41) is 0. The van der Waals surface area contributed by atoms with Crippen molar-refractivity contribution in [1.29, 1.82) is 0 Å². The Balaban J connectivity index is 2.22. The van der Waals surface area contributed by atoms with Gasteiger partial charge in [-0.25, -0.2) is 0 Å². The van der Waals surface area contributed by atoms with E-state index >= 15 is 0 Å². The highest BCUT2D eigenvalue weighted by molar-refractivity contribution is 5.57. The Kier molecular flexibility index (Phi) is 2.68. The molecule has 1 aliphatic heterocycles. The third-order valence-corrected chi connectivity index (χ3v) is 2.77. The van der Waals surface area contributed by atoms with Crippen molar-refractivity contribution in [1.82, 2.24) is 0 Å². The van der Waals surface area contributed by atoms with Crippen molar-refractivity contribution in [3.8, 4) is 11.5 Å². The van der Waals surface area contributed by atoms with Gasteiger partial charge in [-0.05, 0) is 19.1 Å². The van der Waals surface area contributed by atoms with Crippen LogP contribution in [0.3, 0.4) is 0 Å². The molecule has 0 aliphatic carbocycles. The Bertz CT molecular complexity index is 354. The van der Waals surface area contributed by atoms with E-state index < -0.39 is 0 Å². The van der Waals surface area contributed by atoms with Crippen LogP contribution < -0.4 is 20.1 Å². The molecular weight excluding hydrogens is 192 g/mol. The second-order valence-electron chi connectivity index (χ2n) is 3.73. The van der Waals surface area contributed by atoms with E-state index in [1.165, 1.54) is 0 Å². The van der Waals surface area contributed by atoms with Crippen LogP contribution in [0.2, 0.25) is 0 Å². The van der Waals surface area contributed by atoms with Gasteiger partial charge in [-0.3, -0.25) is 0 Å². The summed E-state index contributed by atoms with van der Waals surface area (Å²) in [6.45, 7) is 3.03. The Hall–Kier alpha value is -1.42. The average molecular weight is 208 g/mol. The van der Waals surface area contributed by atoms with Crippen LogP contribution >= 0.6 is 0 Å². The summed E-state index contributed by atoms with van der Waals surface area (Å²) in [4.78, 5) is 2.13. The van der Waals surface area contributed by atoms with Crippen LogP contribution in [0.5, 0.6) is 11.5 Å². The molecule has 0 radical (unpaired) electrons. The SMILES string of the molecule is CC(CN)N(C)c1ccc2c(c1)OCO2. The highest BCUT2D eigenvalue weighted by Gasteiger charge is 2.16. The lowest BCUT2D eigenvalue weighted by Gasteiger charge is -2.25. The zero-order valence-corrected chi connectivity index (χ0v) is 9.06. The standard InChI is InChI=1S/C11H16N2O2/c1-8(6-12)13(2)9-3-4-10-11(5-9)15-7-14-10/h3-5,8H,6-7,12H2,1-2H3. The number of nitrogens with two attached hydrogens (primary N) is 1. The van der Waals surface area contributed by atoms with E-state index in [2.05, 4.69) is 11.8 Å². The molecule has 1 unspecified atom stereocenters. The van der Waals surface area contributed by atoms with Gasteiger partial charge in [0.1, 0.15) is 0 Å². The Morgan fingerprint density at radius 3 is 2.87 bits per heavy atom. The minimum absolute atomic E-state index is 0.311. The largest absolute Gasteiger partial charge is 0.454 e. The Labute approximate surface area is 89.6 Å². The maximum absolute atomic E-state index is 5.63. The van der Waals surface area contributed by atoms with Gasteiger partial charge in [-0.2, -0.15) is 0 Å². The lowest BCUT2D eigenvalue weighted by atomic mass is 10.2. The van der Waals surface area contributed by atoms with E-state index in [1.807, 2.05) is 25.2 Å². The number of anilines is 1. The van der Waals surface area contributed by atoms with Crippen molar-refractivity contribution in [3.63, 3.8) is 0 Å². The first-order chi connectivity index (χ1) is 7.22. The Morgan fingerprint density at radius 1 is 1.40 bits per heavy atom. The number of nitrogens with zero attached hydrogens (tertiary/aromatic N) is 1. The van der Waals surface area contributed by atoms with Crippen molar-refractivity contribution in [2.75, 3.05) is 25.3 Å². The van der Waals surface area contributed by atoms with E-state index in [0.29, 0.717) is 19.4 Å². The van der Waals surface area contributed by atoms with Gasteiger partial charge in [-0.1, -0.05) is 0 Å². The van der Waals surface area contributed by atoms with Crippen molar-refractivity contribution in [2.24, 2.45) is 5.73 Å². The van der Waals surface area contributed by atoms with Gasteiger partial charge in [0.15, 0.2) is 11.5 Å². The molecule has 0 saturated heterocycles. The minimum atomic E-state index is 0.311. The molecule has 2 N–H and O–H groups in total. The maximum atomic E-state index is 5.63. The fraction of sp³-hybridized carbons (Fsp3) is 0.455. The van der Waals surface area contributed by atoms with Gasteiger partial charge in [0.25, 0.3) is 0 Å². The molecule has 0 aromatic heterocycles. The average Bonchev–Trinajstić information content (AvgIpc) is 2.73. The summed E-state index contributed by atoms with van der Waals surface area (Å²) >= 11 is 0. The third-order valence-electron chi connectivity index (χ3n) is 2.77. The summed E-state index contributed by atoms with van der Waals surface area (Å²) in [7, 11) is 2.02. The Morgan fingerprint density at radius 2 is 2.13 bits per heavy atom. The third kappa shape index (κ3) is 1.85. The molecule has 0 spiro atoms. The molecular formula is C11H16N2O2. The quantitative estimate of drug-likeness (QED) is 0.810. The van der Waals surface area contributed by atoms with Gasteiger partial charge in [-0.15, -0.1) is 0 Å². The fourth-order valence-corrected chi connectivity index (χ4v) is 1.52. The maximum Gasteiger partial charge on any atom is 0.231 e. The van der Waals surface area contributed by atoms with Crippen LogP contribution in [0.15, 0.2) is 18.2 Å². The van der Waals surface area contributed by atoms with E-state index in [4.69, 9.17) is 15.2 Å². The van der Waals surface area contributed by atoms with Gasteiger partial charge < -0.3 is 20.1 Å². The lowest BCUT2D eigenvalue weighted by molar-refractivity contribution is 0.174. The number of hydrogen-bond acceptors (Lipinski definition) is 4. The molecule has 0 bridgehead atoms. The zero-order valence-electron chi connectivity index (χ0n) is 9.06. The molecule has 1 atom stereocenters. The molecule has 15 heavy (non-hydrogen) atoms. The molecule has 0 saturated carbocycles. The normalized spacial score (nSPS) is 15.1. The summed E-state index contributed by atoms with van der Waals surface area (Å²) in [6, 6.07) is 6.23. The predicted molar refractivity (Wildman–Crippen MR) is 59.5 cm³/mol. The topological polar surface area (TPSA) is 47.7 Å². The fourth-order valence-electron chi connectivity index (χ4n) is 1.52. The van der Waals surface area contributed by atoms with Crippen LogP contribution in [0.1, 0.15) is 6.92 Å². The van der Waals surface area contributed by atoms with Crippen molar-refractivity contribution >= 4 is 5.69 Å². The molecule has 2 rings (SSSR count). The molecule has 4 heteroatoms. The molecule has 1 aromatic rings. The first kappa shape index (κ1) is 10.1. The summed E-state index contributed by atoms with van der Waals surface area (Å²) in [5.74, 6) is 1.62. The number of likely N-dealkylation sites (N-methyl/N-ethyl adjacent to an activating group) is 1. The number of ether oxygens (including phenoxy) is 2. The van der Waals surface area contributed by atoms with E-state index in [0.717, 1.165) is 17.2 Å². The van der Waals surface area contributed by atoms with Crippen LogP contribution in [-0.2, 0) is 0 Å². The van der Waals surface area contributed by atoms with Crippen LogP contribution in [0.25, 0.3) is 0 Å². The molecule has 1 aliphatic rings. The number of hydrogen-bond donors (Lipinski definition) is 1. The summed E-state index contributed by atoms with van der Waals surface area (Å²) in [6.07, 6.45) is 0. The molecule has 1 aromatic carbocycles. The lowest BCUT2D eigenvalue weighted by Crippen LogP contribution is -2.35. The van der Waals surface area contributed by atoms with E-state index in [9.17, 15) is 0 Å². The van der Waals surface area contributed by atoms with Crippen molar-refractivity contribution < 1.29 is 9.47 Å². The highest BCUT2D eigenvalue weighted by atomic mass is 16.7. The van der Waals surface area contributed by atoms with Crippen LogP contribution in [-0.4, -0.2) is 26.4 Å². The summed E-state index contributed by atoms with van der Waals surface area (Å²) < 4.78 is 10.6. The highest BCUT2D eigenvalue weighted by Crippen LogP contribution is 2.35. The predicted octanol–water partition coefficient (Wildman–Crippen LogP) is 1.20. The zero-order chi connectivity index (χ0) is 10.8. The van der Waals surface area contributed by atoms with Crippen molar-refractivity contribution in [2.45, 2.75) is 13.0 Å². The molecule has 1 heterocycles. The number of rotatable bonds is 3. The molecule has 82 valence electrons. The molecule has 0 fully saturated rings. The monoisotopic (exact) mass is 208 g/mol. The van der Waals surface area contributed by atoms with Crippen LogP contribution in [0, 0.1) is 0 Å². The van der Waals surface area contributed by atoms with E-state index in [1.54, 1.807) is 0 Å². The van der Waals surface area contributed by atoms with Crippen molar-refractivity contribution in [3.05, 3.63) is 18.2 Å². The molecule has 0 amide bonds. The number of benzene rings is 1. The minimum Gasteiger partial charge on any atom is -0.454 e. The second kappa shape index (κ2) is 3.98. The van der Waals surface area contributed by atoms with E-state index in [-0.39, 0.29) is 0 Å². The summed E-state index contributed by atoms with van der Waals surface area (Å²) in [5.41, 5.74) is 6.72. The first-order valence-corrected chi connectivity index (χ1v) is 5.05.